The van der Waals surface area contributed by atoms with Gasteiger partial charge in [0.15, 0.2) is 5.78 Å². The molecule has 0 amide bonds. The number of phenolic OH excluding ortho intramolecular Hbond substituents is 1. The van der Waals surface area contributed by atoms with Gasteiger partial charge < -0.3 is 14.3 Å². The van der Waals surface area contributed by atoms with Gasteiger partial charge in [0, 0.05) is 12.5 Å². The van der Waals surface area contributed by atoms with Crippen LogP contribution in [0.5, 0.6) is 11.5 Å². The lowest BCUT2D eigenvalue weighted by atomic mass is 9.95. The Morgan fingerprint density at radius 2 is 2.14 bits per heavy atom. The first-order valence-corrected chi connectivity index (χ1v) is 7.52. The van der Waals surface area contributed by atoms with E-state index >= 15 is 0 Å². The third kappa shape index (κ3) is 2.16. The molecule has 0 fully saturated rings. The summed E-state index contributed by atoms with van der Waals surface area (Å²) in [7, 11) is 0. The molecule has 6 heteroatoms. The largest absolute Gasteiger partial charge is 0.506 e. The molecule has 1 aliphatic rings. The number of rotatable bonds is 2. The number of ketones is 1. The molecule has 2 aromatic rings. The molecule has 116 valence electrons. The number of hydrogen-bond acceptors (Lipinski definition) is 5. The van der Waals surface area contributed by atoms with Gasteiger partial charge in [0.25, 0.3) is 0 Å². The second-order valence-corrected chi connectivity index (χ2v) is 5.84. The van der Waals surface area contributed by atoms with Crippen LogP contribution in [0, 0.1) is 0 Å². The van der Waals surface area contributed by atoms with E-state index in [0.717, 1.165) is 6.42 Å². The molecule has 1 atom stereocenters. The van der Waals surface area contributed by atoms with Crippen LogP contribution in [0.15, 0.2) is 15.3 Å². The lowest BCUT2D eigenvalue weighted by Crippen LogP contribution is -2.24. The summed E-state index contributed by atoms with van der Waals surface area (Å²) in [6.45, 7) is 3.70. The minimum absolute atomic E-state index is 0.0536. The highest BCUT2D eigenvalue weighted by Gasteiger charge is 2.30. The van der Waals surface area contributed by atoms with E-state index in [0.29, 0.717) is 17.4 Å². The van der Waals surface area contributed by atoms with Crippen LogP contribution in [0.25, 0.3) is 11.0 Å². The van der Waals surface area contributed by atoms with Crippen molar-refractivity contribution in [2.45, 2.75) is 39.2 Å². The van der Waals surface area contributed by atoms with Gasteiger partial charge in [0.1, 0.15) is 33.8 Å². The Kier molecular flexibility index (Phi) is 3.60. The Morgan fingerprint density at radius 1 is 1.41 bits per heavy atom. The van der Waals surface area contributed by atoms with Crippen LogP contribution < -0.4 is 10.4 Å². The van der Waals surface area contributed by atoms with Crippen LogP contribution >= 0.6 is 11.6 Å². The number of carbonyl (C=O) groups is 1. The van der Waals surface area contributed by atoms with Crippen molar-refractivity contribution in [3.05, 3.63) is 32.6 Å². The summed E-state index contributed by atoms with van der Waals surface area (Å²) in [5.41, 5.74) is 0.151. The number of aryl methyl sites for hydroxylation is 1. The predicted octanol–water partition coefficient (Wildman–Crippen LogP) is 3.46. The Hall–Kier alpha value is -2.01. The molecule has 1 aliphatic heterocycles. The van der Waals surface area contributed by atoms with Crippen LogP contribution in [0.3, 0.4) is 0 Å². The number of hydrogen-bond donors (Lipinski definition) is 1. The van der Waals surface area contributed by atoms with Gasteiger partial charge in [-0.3, -0.25) is 4.79 Å². The molecule has 1 aromatic carbocycles. The summed E-state index contributed by atoms with van der Waals surface area (Å²) in [5, 5.41) is 10.8. The van der Waals surface area contributed by atoms with Crippen LogP contribution in [-0.2, 0) is 6.42 Å². The van der Waals surface area contributed by atoms with E-state index in [1.165, 1.54) is 6.07 Å². The minimum Gasteiger partial charge on any atom is -0.506 e. The van der Waals surface area contributed by atoms with Gasteiger partial charge in [-0.1, -0.05) is 24.9 Å². The highest BCUT2D eigenvalue weighted by atomic mass is 35.5. The van der Waals surface area contributed by atoms with Crippen molar-refractivity contribution in [3.63, 3.8) is 0 Å². The second-order valence-electron chi connectivity index (χ2n) is 5.46. The molecule has 0 bridgehead atoms. The highest BCUT2D eigenvalue weighted by molar-refractivity contribution is 6.32. The number of fused-ring (bicyclic) bond motifs is 2. The summed E-state index contributed by atoms with van der Waals surface area (Å²) >= 11 is 6.03. The predicted molar refractivity (Wildman–Crippen MR) is 82.2 cm³/mol. The maximum Gasteiger partial charge on any atom is 0.355 e. The molecular formula is C16H15ClO5. The molecule has 0 spiro atoms. The van der Waals surface area contributed by atoms with Crippen LogP contribution in [0.1, 0.15) is 42.6 Å². The first-order chi connectivity index (χ1) is 10.4. The van der Waals surface area contributed by atoms with Crippen molar-refractivity contribution in [3.8, 4) is 11.5 Å². The number of benzene rings is 1. The molecular weight excluding hydrogens is 308 g/mol. The first kappa shape index (κ1) is 14.9. The molecule has 1 N–H and O–H groups in total. The molecule has 0 saturated heterocycles. The van der Waals surface area contributed by atoms with Crippen LogP contribution in [0.4, 0.5) is 0 Å². The van der Waals surface area contributed by atoms with Gasteiger partial charge in [-0.05, 0) is 18.9 Å². The summed E-state index contributed by atoms with van der Waals surface area (Å²) in [5.74, 6) is -0.182. The molecule has 5 nitrogen and oxygen atoms in total. The zero-order chi connectivity index (χ0) is 16.0. The van der Waals surface area contributed by atoms with E-state index in [2.05, 4.69) is 0 Å². The van der Waals surface area contributed by atoms with E-state index < -0.39 is 5.63 Å². The number of phenols is 1. The number of ether oxygens (including phenoxy) is 1. The van der Waals surface area contributed by atoms with Crippen molar-refractivity contribution in [2.75, 3.05) is 0 Å². The van der Waals surface area contributed by atoms with Crippen LogP contribution in [0.2, 0.25) is 5.02 Å². The Bertz CT molecular complexity index is 837. The quantitative estimate of drug-likeness (QED) is 0.857. The molecule has 1 aromatic heterocycles. The number of aromatic hydroxyl groups is 1. The molecule has 0 saturated carbocycles. The number of Topliss-reactive ketones (excluding diaryl/α,β-unsaturated/α-hetero) is 1. The maximum absolute atomic E-state index is 12.2. The van der Waals surface area contributed by atoms with Gasteiger partial charge >= 0.3 is 5.63 Å². The average Bonchev–Trinajstić information content (AvgIpc) is 2.43. The lowest BCUT2D eigenvalue weighted by molar-refractivity contribution is 0.0867. The normalized spacial score (nSPS) is 17.4. The van der Waals surface area contributed by atoms with Gasteiger partial charge in [0.2, 0.25) is 0 Å². The minimum atomic E-state index is -0.660. The smallest absolute Gasteiger partial charge is 0.355 e. The van der Waals surface area contributed by atoms with Crippen molar-refractivity contribution < 1.29 is 19.1 Å². The summed E-state index contributed by atoms with van der Waals surface area (Å²) < 4.78 is 10.7. The SMILES string of the molecule is CCCc1c(Cl)c(=O)oc2cc3c(c(O)c12)C(=O)CC(C)O3. The Morgan fingerprint density at radius 3 is 2.82 bits per heavy atom. The van der Waals surface area contributed by atoms with Crippen molar-refractivity contribution in [2.24, 2.45) is 0 Å². The fourth-order valence-corrected chi connectivity index (χ4v) is 3.07. The number of halogens is 1. The second kappa shape index (κ2) is 5.32. The Labute approximate surface area is 131 Å². The van der Waals surface area contributed by atoms with Gasteiger partial charge in [-0.2, -0.15) is 0 Å². The van der Waals surface area contributed by atoms with E-state index in [-0.39, 0.29) is 46.0 Å². The highest BCUT2D eigenvalue weighted by Crippen LogP contribution is 2.42. The molecule has 0 aliphatic carbocycles. The molecule has 3 rings (SSSR count). The van der Waals surface area contributed by atoms with Gasteiger partial charge in [-0.15, -0.1) is 0 Å². The van der Waals surface area contributed by atoms with Crippen molar-refractivity contribution in [1.29, 1.82) is 0 Å². The molecule has 0 radical (unpaired) electrons. The first-order valence-electron chi connectivity index (χ1n) is 7.15. The fourth-order valence-electron chi connectivity index (χ4n) is 2.84. The summed E-state index contributed by atoms with van der Waals surface area (Å²) in [6, 6.07) is 1.48. The summed E-state index contributed by atoms with van der Waals surface area (Å²) in [4.78, 5) is 24.1. The van der Waals surface area contributed by atoms with E-state index in [1.54, 1.807) is 6.92 Å². The maximum atomic E-state index is 12.2. The van der Waals surface area contributed by atoms with Crippen molar-refractivity contribution in [1.82, 2.24) is 0 Å². The van der Waals surface area contributed by atoms with Gasteiger partial charge in [-0.25, -0.2) is 4.79 Å². The fraction of sp³-hybridized carbons (Fsp3) is 0.375. The van der Waals surface area contributed by atoms with E-state index in [9.17, 15) is 14.7 Å². The molecule has 1 unspecified atom stereocenters. The van der Waals surface area contributed by atoms with E-state index in [1.807, 2.05) is 6.92 Å². The number of carbonyl (C=O) groups excluding carboxylic acids is 1. The standard InChI is InChI=1S/C16H15ClO5/c1-3-4-8-12-10(22-16(20)14(8)17)6-11-13(15(12)19)9(18)5-7(2)21-11/h6-7,19H,3-5H2,1-2H3. The lowest BCUT2D eigenvalue weighted by Gasteiger charge is -2.24. The van der Waals surface area contributed by atoms with Crippen LogP contribution in [-0.4, -0.2) is 17.0 Å². The Balaban J connectivity index is 2.42. The topological polar surface area (TPSA) is 76.7 Å². The zero-order valence-electron chi connectivity index (χ0n) is 12.2. The molecule has 22 heavy (non-hydrogen) atoms. The zero-order valence-corrected chi connectivity index (χ0v) is 13.0. The third-order valence-corrected chi connectivity index (χ3v) is 4.14. The summed E-state index contributed by atoms with van der Waals surface area (Å²) in [6.07, 6.45) is 1.14. The van der Waals surface area contributed by atoms with E-state index in [4.69, 9.17) is 20.8 Å². The molecule has 2 heterocycles. The van der Waals surface area contributed by atoms with Crippen molar-refractivity contribution >= 4 is 28.4 Å². The average molecular weight is 323 g/mol. The van der Waals surface area contributed by atoms with Gasteiger partial charge in [0.05, 0.1) is 5.39 Å². The third-order valence-electron chi connectivity index (χ3n) is 3.76. The monoisotopic (exact) mass is 322 g/mol.